The topological polar surface area (TPSA) is 24.9 Å². The number of nitrogens with zero attached hydrogens (tertiary/aromatic N) is 1. The van der Waals surface area contributed by atoms with E-state index in [-0.39, 0.29) is 11.9 Å². The quantitative estimate of drug-likeness (QED) is 0.923. The molecule has 1 aromatic heterocycles. The molecule has 19 heavy (non-hydrogen) atoms. The fraction of sp³-hybridized carbons (Fsp3) is 0.400. The van der Waals surface area contributed by atoms with Gasteiger partial charge in [-0.2, -0.15) is 0 Å². The average Bonchev–Trinajstić information content (AvgIpc) is 2.62. The van der Waals surface area contributed by atoms with Gasteiger partial charge >= 0.3 is 0 Å². The fourth-order valence-electron chi connectivity index (χ4n) is 2.51. The lowest BCUT2D eigenvalue weighted by Gasteiger charge is -2.19. The lowest BCUT2D eigenvalue weighted by molar-refractivity contribution is 0.574. The number of aromatic nitrogens is 1. The molecule has 2 aromatic rings. The van der Waals surface area contributed by atoms with Gasteiger partial charge in [-0.15, -0.1) is 11.3 Å². The van der Waals surface area contributed by atoms with Crippen LogP contribution in [0.25, 0.3) is 0 Å². The number of halogens is 1. The Morgan fingerprint density at radius 3 is 2.37 bits per heavy atom. The van der Waals surface area contributed by atoms with E-state index in [0.29, 0.717) is 0 Å². The van der Waals surface area contributed by atoms with Crippen molar-refractivity contribution in [3.8, 4) is 0 Å². The van der Waals surface area contributed by atoms with Gasteiger partial charge in [-0.1, -0.05) is 6.07 Å². The van der Waals surface area contributed by atoms with Crippen LogP contribution in [0.5, 0.6) is 0 Å². The van der Waals surface area contributed by atoms with Gasteiger partial charge in [0.25, 0.3) is 0 Å². The van der Waals surface area contributed by atoms with Crippen LogP contribution in [-0.4, -0.2) is 12.0 Å². The molecule has 0 aliphatic heterocycles. The van der Waals surface area contributed by atoms with E-state index in [1.807, 2.05) is 40.8 Å². The molecule has 0 saturated carbocycles. The number of nitrogens with one attached hydrogen (secondary N) is 1. The summed E-state index contributed by atoms with van der Waals surface area (Å²) in [5, 5.41) is 4.23. The van der Waals surface area contributed by atoms with Crippen LogP contribution >= 0.6 is 11.3 Å². The van der Waals surface area contributed by atoms with Gasteiger partial charge in [0, 0.05) is 10.4 Å². The number of benzene rings is 1. The first-order valence-corrected chi connectivity index (χ1v) is 7.13. The van der Waals surface area contributed by atoms with E-state index >= 15 is 0 Å². The summed E-state index contributed by atoms with van der Waals surface area (Å²) in [6.07, 6.45) is 0. The third-order valence-electron chi connectivity index (χ3n) is 3.26. The van der Waals surface area contributed by atoms with Gasteiger partial charge in [-0.05, 0) is 51.9 Å². The van der Waals surface area contributed by atoms with E-state index in [1.54, 1.807) is 17.4 Å². The van der Waals surface area contributed by atoms with Crippen molar-refractivity contribution >= 4 is 11.3 Å². The van der Waals surface area contributed by atoms with Crippen molar-refractivity contribution in [2.24, 2.45) is 0 Å². The minimum atomic E-state index is -0.151. The molecule has 1 heterocycles. The third-order valence-corrected chi connectivity index (χ3v) is 4.40. The zero-order valence-corrected chi connectivity index (χ0v) is 12.8. The monoisotopic (exact) mass is 278 g/mol. The van der Waals surface area contributed by atoms with Crippen LogP contribution in [0.4, 0.5) is 4.39 Å². The summed E-state index contributed by atoms with van der Waals surface area (Å²) < 4.78 is 14.3. The Kier molecular flexibility index (Phi) is 4.02. The predicted octanol–water partition coefficient (Wildman–Crippen LogP) is 3.82. The van der Waals surface area contributed by atoms with E-state index in [9.17, 15) is 4.39 Å². The highest BCUT2D eigenvalue weighted by Crippen LogP contribution is 2.33. The van der Waals surface area contributed by atoms with Crippen molar-refractivity contribution in [2.75, 3.05) is 7.05 Å². The molecule has 2 rings (SSSR count). The minimum absolute atomic E-state index is 0.133. The number of aryl methyl sites for hydroxylation is 4. The SMILES string of the molecule is CNC(c1sc(C)nc1C)c1c(C)cc(C)cc1F. The van der Waals surface area contributed by atoms with E-state index in [1.165, 1.54) is 0 Å². The Hall–Kier alpha value is -1.26. The lowest BCUT2D eigenvalue weighted by Crippen LogP contribution is -2.20. The maximum Gasteiger partial charge on any atom is 0.128 e. The molecule has 0 aliphatic rings. The third kappa shape index (κ3) is 2.69. The summed E-state index contributed by atoms with van der Waals surface area (Å²) in [5.74, 6) is -0.151. The van der Waals surface area contributed by atoms with E-state index < -0.39 is 0 Å². The summed E-state index contributed by atoms with van der Waals surface area (Å²) in [4.78, 5) is 5.53. The Morgan fingerprint density at radius 1 is 1.21 bits per heavy atom. The molecule has 0 bridgehead atoms. The van der Waals surface area contributed by atoms with Crippen molar-refractivity contribution in [3.63, 3.8) is 0 Å². The molecule has 0 fully saturated rings. The molecule has 1 atom stereocenters. The van der Waals surface area contributed by atoms with Crippen LogP contribution < -0.4 is 5.32 Å². The van der Waals surface area contributed by atoms with Crippen molar-refractivity contribution in [1.29, 1.82) is 0 Å². The number of hydrogen-bond acceptors (Lipinski definition) is 3. The number of thiazole rings is 1. The highest BCUT2D eigenvalue weighted by molar-refractivity contribution is 7.11. The first-order chi connectivity index (χ1) is 8.93. The summed E-state index contributed by atoms with van der Waals surface area (Å²) >= 11 is 1.62. The second kappa shape index (κ2) is 5.39. The standard InChI is InChI=1S/C15H19FN2S/c1-8-6-9(2)13(12(16)7-8)14(17-5)15-10(3)18-11(4)19-15/h6-7,14,17H,1-5H3. The highest BCUT2D eigenvalue weighted by Gasteiger charge is 2.22. The molecule has 2 nitrogen and oxygen atoms in total. The van der Waals surface area contributed by atoms with Crippen molar-refractivity contribution < 1.29 is 4.39 Å². The van der Waals surface area contributed by atoms with E-state index in [2.05, 4.69) is 10.3 Å². The molecular formula is C15H19FN2S. The van der Waals surface area contributed by atoms with Crippen molar-refractivity contribution in [3.05, 3.63) is 50.2 Å². The normalized spacial score (nSPS) is 12.7. The molecule has 0 radical (unpaired) electrons. The second-order valence-electron chi connectivity index (χ2n) is 4.88. The maximum atomic E-state index is 14.3. The Balaban J connectivity index is 2.57. The Bertz CT molecular complexity index is 581. The van der Waals surface area contributed by atoms with Crippen molar-refractivity contribution in [2.45, 2.75) is 33.7 Å². The van der Waals surface area contributed by atoms with Gasteiger partial charge in [0.2, 0.25) is 0 Å². The molecular weight excluding hydrogens is 259 g/mol. The minimum Gasteiger partial charge on any atom is -0.309 e. The molecule has 1 unspecified atom stereocenters. The van der Waals surface area contributed by atoms with Gasteiger partial charge in [0.05, 0.1) is 16.7 Å². The van der Waals surface area contributed by atoms with Gasteiger partial charge in [0.15, 0.2) is 0 Å². The molecule has 0 spiro atoms. The summed E-state index contributed by atoms with van der Waals surface area (Å²) in [6.45, 7) is 7.83. The first kappa shape index (κ1) is 14.2. The lowest BCUT2D eigenvalue weighted by atomic mass is 9.97. The summed E-state index contributed by atoms with van der Waals surface area (Å²) in [7, 11) is 1.86. The molecule has 102 valence electrons. The molecule has 4 heteroatoms. The van der Waals surface area contributed by atoms with Gasteiger partial charge in [0.1, 0.15) is 5.82 Å². The van der Waals surface area contributed by atoms with Crippen LogP contribution in [0.15, 0.2) is 12.1 Å². The van der Waals surface area contributed by atoms with Crippen LogP contribution in [-0.2, 0) is 0 Å². The van der Waals surface area contributed by atoms with E-state index in [4.69, 9.17) is 0 Å². The molecule has 1 N–H and O–H groups in total. The average molecular weight is 278 g/mol. The maximum absolute atomic E-state index is 14.3. The molecule has 0 aliphatic carbocycles. The fourth-order valence-corrected chi connectivity index (χ4v) is 3.56. The van der Waals surface area contributed by atoms with Gasteiger partial charge in [-0.25, -0.2) is 9.37 Å². The number of rotatable bonds is 3. The summed E-state index contributed by atoms with van der Waals surface area (Å²) in [6, 6.07) is 3.48. The largest absolute Gasteiger partial charge is 0.309 e. The van der Waals surface area contributed by atoms with Gasteiger partial charge < -0.3 is 5.32 Å². The summed E-state index contributed by atoms with van der Waals surface area (Å²) in [5.41, 5.74) is 3.62. The van der Waals surface area contributed by atoms with Gasteiger partial charge in [-0.3, -0.25) is 0 Å². The van der Waals surface area contributed by atoms with Crippen LogP contribution in [0.3, 0.4) is 0 Å². The molecule has 0 saturated heterocycles. The zero-order valence-electron chi connectivity index (χ0n) is 12.0. The smallest absolute Gasteiger partial charge is 0.128 e. The zero-order chi connectivity index (χ0) is 14.2. The Labute approximate surface area is 117 Å². The van der Waals surface area contributed by atoms with Crippen LogP contribution in [0.2, 0.25) is 0 Å². The Morgan fingerprint density at radius 2 is 1.89 bits per heavy atom. The first-order valence-electron chi connectivity index (χ1n) is 6.32. The van der Waals surface area contributed by atoms with E-state index in [0.717, 1.165) is 32.3 Å². The second-order valence-corrected chi connectivity index (χ2v) is 6.12. The predicted molar refractivity (Wildman–Crippen MR) is 78.4 cm³/mol. The van der Waals surface area contributed by atoms with Crippen LogP contribution in [0.1, 0.15) is 38.3 Å². The number of hydrogen-bond donors (Lipinski definition) is 1. The molecule has 0 amide bonds. The van der Waals surface area contributed by atoms with Crippen LogP contribution in [0, 0.1) is 33.5 Å². The molecule has 1 aromatic carbocycles. The van der Waals surface area contributed by atoms with Crippen molar-refractivity contribution in [1.82, 2.24) is 10.3 Å². The highest BCUT2D eigenvalue weighted by atomic mass is 32.1.